The van der Waals surface area contributed by atoms with Crippen molar-refractivity contribution in [3.8, 4) is 0 Å². The summed E-state index contributed by atoms with van der Waals surface area (Å²) in [5.41, 5.74) is 10.3. The van der Waals surface area contributed by atoms with Gasteiger partial charge in [-0.25, -0.2) is 19.9 Å². The molecule has 10 aromatic rings. The molecule has 0 aliphatic heterocycles. The van der Waals surface area contributed by atoms with E-state index in [-0.39, 0.29) is 37.9 Å². The lowest BCUT2D eigenvalue weighted by molar-refractivity contribution is 0.545. The fourth-order valence-electron chi connectivity index (χ4n) is 7.11. The van der Waals surface area contributed by atoms with Gasteiger partial charge in [0.05, 0.1) is 28.1 Å². The Labute approximate surface area is 515 Å². The fourth-order valence-corrected chi connectivity index (χ4v) is 7.83. The molecule has 9 heterocycles. The van der Waals surface area contributed by atoms with Crippen molar-refractivity contribution in [3.05, 3.63) is 222 Å². The Morgan fingerprint density at radius 3 is 1.38 bits per heavy atom. The summed E-state index contributed by atoms with van der Waals surface area (Å²) in [4.78, 5) is 37.0. The fraction of sp³-hybridized carbons (Fsp3) is 0.444. The Morgan fingerprint density at radius 2 is 0.965 bits per heavy atom. The quantitative estimate of drug-likeness (QED) is 0.155. The first-order chi connectivity index (χ1) is 39.3. The number of nitrogens with zero attached hydrogens (tertiary/aromatic N) is 11. The van der Waals surface area contributed by atoms with E-state index in [1.54, 1.807) is 48.5 Å². The van der Waals surface area contributed by atoms with Crippen LogP contribution in [0.2, 0.25) is 0 Å². The highest BCUT2D eigenvalue weighted by Crippen LogP contribution is 2.26. The molecule has 0 amide bonds. The second-order valence-corrected chi connectivity index (χ2v) is 29.8. The van der Waals surface area contributed by atoms with Gasteiger partial charge in [-0.05, 0) is 71.6 Å². The van der Waals surface area contributed by atoms with Crippen LogP contribution in [0.15, 0.2) is 177 Å². The Morgan fingerprint density at radius 1 is 0.388 bits per heavy atom. The van der Waals surface area contributed by atoms with Crippen LogP contribution in [0, 0.1) is 0 Å². The van der Waals surface area contributed by atoms with Crippen LogP contribution in [0.1, 0.15) is 211 Å². The number of benzene rings is 1. The number of nitrogens with one attached hydrogen (secondary N) is 1. The largest absolute Gasteiger partial charge is 0.360 e. The van der Waals surface area contributed by atoms with Crippen molar-refractivity contribution in [1.82, 2.24) is 59.5 Å². The molecular weight excluding hydrogens is 1060 g/mol. The standard InChI is InChI=1S/2C11H14N2.C10H14.C9H13N.3C8H12N2.C7H11NS/c1-11(2,3)10-6-8-4-5-12-9(8)7-13-10;1-11(2,3)9-6-8-13-7-4-5-10(13)12-9;1-10(2,3)9-7-5-4-6-8-9;1-9(2,3)8-6-4-5-7-10-8;1-8(2,3)7-6-9-4-5-10-7;1-8(2,3)7-9-5-4-6-10-7;1-8(2,3)7-5-4-6-9-10-7;1-7(2,3)6-8-4-5-9-6/h4-7,12H,1-3H3;4-8H,1-3H3;4-8H,1-3H3;4-7H,1-3H3;3*4-6H,1-3H3;4-5H,1-3H3. The van der Waals surface area contributed by atoms with Gasteiger partial charge in [0.1, 0.15) is 11.5 Å². The van der Waals surface area contributed by atoms with Crippen LogP contribution >= 0.6 is 11.3 Å². The summed E-state index contributed by atoms with van der Waals surface area (Å²) in [7, 11) is 0. The van der Waals surface area contributed by atoms with Gasteiger partial charge in [-0.2, -0.15) is 10.2 Å². The van der Waals surface area contributed by atoms with Crippen molar-refractivity contribution in [1.29, 1.82) is 0 Å². The van der Waals surface area contributed by atoms with Crippen molar-refractivity contribution >= 4 is 27.9 Å². The first-order valence-corrected chi connectivity index (χ1v) is 30.2. The van der Waals surface area contributed by atoms with Crippen molar-refractivity contribution in [2.24, 2.45) is 0 Å². The van der Waals surface area contributed by atoms with E-state index < -0.39 is 0 Å². The summed E-state index contributed by atoms with van der Waals surface area (Å²) in [5.74, 6) is 0.898. The van der Waals surface area contributed by atoms with Gasteiger partial charge >= 0.3 is 0 Å². The molecule has 0 spiro atoms. The number of thiazole rings is 1. The molecule has 12 nitrogen and oxygen atoms in total. The van der Waals surface area contributed by atoms with Crippen LogP contribution in [0.25, 0.3) is 16.6 Å². The third-order valence-electron chi connectivity index (χ3n) is 12.4. The number of H-pyrrole nitrogens is 1. The predicted octanol–water partition coefficient (Wildman–Crippen LogP) is 18.6. The monoisotopic (exact) mass is 1170 g/mol. The Balaban J connectivity index is 0.000000255. The lowest BCUT2D eigenvalue weighted by Gasteiger charge is -2.18. The molecule has 0 saturated heterocycles. The molecular formula is C72H102N12S. The molecule has 0 unspecified atom stereocenters. The van der Waals surface area contributed by atoms with E-state index in [2.05, 4.69) is 282 Å². The second kappa shape index (κ2) is 31.7. The summed E-state index contributed by atoms with van der Waals surface area (Å²) < 4.78 is 2.02. The SMILES string of the molecule is CC(C)(C)c1cc2cc[nH]c2cn1.CC(C)(C)c1ccccc1.CC(C)(C)c1ccccn1.CC(C)(C)c1cccnn1.CC(C)(C)c1ccn2cccc2n1.CC(C)(C)c1cnccn1.CC(C)(C)c1ncccn1.CC(C)(C)c1nccs1. The van der Waals surface area contributed by atoms with E-state index in [0.717, 1.165) is 45.5 Å². The number of hydrogen-bond donors (Lipinski definition) is 1. The van der Waals surface area contributed by atoms with E-state index in [1.807, 2.05) is 83.2 Å². The Kier molecular flexibility index (Phi) is 26.8. The van der Waals surface area contributed by atoms with Gasteiger partial charge in [0.25, 0.3) is 0 Å². The predicted molar refractivity (Wildman–Crippen MR) is 360 cm³/mol. The van der Waals surface area contributed by atoms with Crippen LogP contribution in [-0.4, -0.2) is 59.5 Å². The van der Waals surface area contributed by atoms with Gasteiger partial charge in [0.2, 0.25) is 0 Å². The summed E-state index contributed by atoms with van der Waals surface area (Å²) in [5, 5.41) is 12.3. The average molecular weight is 1170 g/mol. The molecule has 0 radical (unpaired) electrons. The van der Waals surface area contributed by atoms with E-state index in [0.29, 0.717) is 5.41 Å². The molecule has 0 atom stereocenters. The van der Waals surface area contributed by atoms with Crippen molar-refractivity contribution in [2.75, 3.05) is 0 Å². The number of pyridine rings is 2. The number of aromatic amines is 1. The summed E-state index contributed by atoms with van der Waals surface area (Å²) in [6.07, 6.45) is 22.0. The van der Waals surface area contributed by atoms with Crippen LogP contribution in [0.3, 0.4) is 0 Å². The van der Waals surface area contributed by atoms with E-state index >= 15 is 0 Å². The lowest BCUT2D eigenvalue weighted by Crippen LogP contribution is -2.14. The van der Waals surface area contributed by atoms with E-state index in [4.69, 9.17) is 0 Å². The van der Waals surface area contributed by atoms with E-state index in [9.17, 15) is 0 Å². The summed E-state index contributed by atoms with van der Waals surface area (Å²) in [6.45, 7) is 51.8. The minimum absolute atomic E-state index is 0.0707. The topological polar surface area (TPSA) is 149 Å². The maximum absolute atomic E-state index is 4.57. The number of fused-ring (bicyclic) bond motifs is 2. The van der Waals surface area contributed by atoms with Gasteiger partial charge in [0, 0.05) is 134 Å². The third kappa shape index (κ3) is 27.0. The molecule has 0 saturated carbocycles. The zero-order valence-electron chi connectivity index (χ0n) is 56.1. The van der Waals surface area contributed by atoms with Gasteiger partial charge in [-0.15, -0.1) is 11.3 Å². The molecule has 1 N–H and O–H groups in total. The number of hydrogen-bond acceptors (Lipinski definition) is 11. The van der Waals surface area contributed by atoms with Gasteiger partial charge < -0.3 is 9.38 Å². The molecule has 456 valence electrons. The van der Waals surface area contributed by atoms with Crippen LogP contribution < -0.4 is 0 Å². The Bertz CT molecular complexity index is 2990. The molecule has 0 fully saturated rings. The highest BCUT2D eigenvalue weighted by molar-refractivity contribution is 7.09. The average Bonchev–Trinajstić information content (AvgIpc) is 3.96. The molecule has 13 heteroatoms. The zero-order chi connectivity index (χ0) is 63.9. The maximum Gasteiger partial charge on any atom is 0.136 e. The summed E-state index contributed by atoms with van der Waals surface area (Å²) in [6, 6.07) is 32.6. The smallest absolute Gasteiger partial charge is 0.136 e. The molecule has 0 aliphatic rings. The molecule has 85 heavy (non-hydrogen) atoms. The second-order valence-electron chi connectivity index (χ2n) is 28.9. The first kappa shape index (κ1) is 71.9. The molecule has 0 bridgehead atoms. The van der Waals surface area contributed by atoms with E-state index in [1.165, 1.54) is 16.0 Å². The minimum Gasteiger partial charge on any atom is -0.360 e. The molecule has 0 aliphatic carbocycles. The van der Waals surface area contributed by atoms with Gasteiger partial charge in [0.15, 0.2) is 0 Å². The maximum atomic E-state index is 4.57. The highest BCUT2D eigenvalue weighted by Gasteiger charge is 2.20. The van der Waals surface area contributed by atoms with Crippen molar-refractivity contribution in [2.45, 2.75) is 209 Å². The van der Waals surface area contributed by atoms with Crippen LogP contribution in [0.5, 0.6) is 0 Å². The van der Waals surface area contributed by atoms with Gasteiger partial charge in [-0.1, -0.05) is 203 Å². The van der Waals surface area contributed by atoms with Crippen LogP contribution in [0.4, 0.5) is 0 Å². The first-order valence-electron chi connectivity index (χ1n) is 29.3. The molecule has 10 rings (SSSR count). The van der Waals surface area contributed by atoms with Crippen molar-refractivity contribution in [3.63, 3.8) is 0 Å². The molecule has 1 aromatic carbocycles. The Hall–Kier alpha value is -7.38. The highest BCUT2D eigenvalue weighted by atomic mass is 32.1. The minimum atomic E-state index is 0.0707. The number of aromatic nitrogens is 12. The molecule has 9 aromatic heterocycles. The third-order valence-corrected chi connectivity index (χ3v) is 13.6. The normalized spacial score (nSPS) is 11.8. The van der Waals surface area contributed by atoms with Crippen molar-refractivity contribution < 1.29 is 0 Å². The van der Waals surface area contributed by atoms with Gasteiger partial charge in [-0.3, -0.25) is 19.9 Å². The number of rotatable bonds is 0. The van der Waals surface area contributed by atoms with Crippen LogP contribution in [-0.2, 0) is 43.3 Å². The zero-order valence-corrected chi connectivity index (χ0v) is 56.9. The summed E-state index contributed by atoms with van der Waals surface area (Å²) >= 11 is 1.72. The lowest BCUT2D eigenvalue weighted by atomic mass is 9.87.